The van der Waals surface area contributed by atoms with E-state index < -0.39 is 23.8 Å². The minimum atomic E-state index is -1.61. The van der Waals surface area contributed by atoms with Gasteiger partial charge in [-0.1, -0.05) is 30.3 Å². The van der Waals surface area contributed by atoms with Gasteiger partial charge in [0.2, 0.25) is 0 Å². The zero-order valence-electron chi connectivity index (χ0n) is 18.8. The third-order valence-electron chi connectivity index (χ3n) is 5.22. The maximum absolute atomic E-state index is 12.9. The van der Waals surface area contributed by atoms with Gasteiger partial charge in [0.1, 0.15) is 0 Å². The molecule has 0 aliphatic rings. The largest absolute Gasteiger partial charge is 0.381 e. The Balaban J connectivity index is 1.69. The SMILES string of the molecule is CN(N)C(=O)C(C(=O)NO)N(C)C(=O)c1ccc(-c2ccc(NCc3cccnc3)cc2)cc1. The first-order chi connectivity index (χ1) is 16.3. The van der Waals surface area contributed by atoms with Crippen LogP contribution in [0.2, 0.25) is 0 Å². The van der Waals surface area contributed by atoms with Crippen LogP contribution >= 0.6 is 0 Å². The maximum Gasteiger partial charge on any atom is 0.275 e. The average Bonchev–Trinajstić information content (AvgIpc) is 2.87. The molecule has 0 saturated carbocycles. The quantitative estimate of drug-likeness (QED) is 0.131. The summed E-state index contributed by atoms with van der Waals surface area (Å²) in [6, 6.07) is 16.9. The van der Waals surface area contributed by atoms with Gasteiger partial charge < -0.3 is 10.2 Å². The number of amides is 3. The van der Waals surface area contributed by atoms with Crippen LogP contribution in [-0.4, -0.2) is 58.0 Å². The van der Waals surface area contributed by atoms with E-state index in [-0.39, 0.29) is 5.56 Å². The molecule has 1 atom stereocenters. The van der Waals surface area contributed by atoms with Crippen LogP contribution in [0.25, 0.3) is 11.1 Å². The lowest BCUT2D eigenvalue weighted by atomic mass is 10.0. The van der Waals surface area contributed by atoms with Crippen LogP contribution in [0.1, 0.15) is 15.9 Å². The molecular weight excluding hydrogens is 436 g/mol. The summed E-state index contributed by atoms with van der Waals surface area (Å²) in [5, 5.41) is 13.0. The van der Waals surface area contributed by atoms with E-state index in [2.05, 4.69) is 10.3 Å². The molecule has 5 N–H and O–H groups in total. The Morgan fingerprint density at radius 1 is 1.00 bits per heavy atom. The molecule has 10 nitrogen and oxygen atoms in total. The zero-order valence-corrected chi connectivity index (χ0v) is 18.8. The number of rotatable bonds is 8. The molecule has 0 fully saturated rings. The van der Waals surface area contributed by atoms with Crippen molar-refractivity contribution in [3.05, 3.63) is 84.2 Å². The Kier molecular flexibility index (Phi) is 7.91. The summed E-state index contributed by atoms with van der Waals surface area (Å²) in [7, 11) is 2.53. The first kappa shape index (κ1) is 24.4. The third-order valence-corrected chi connectivity index (χ3v) is 5.22. The number of carbonyl (C=O) groups is 3. The minimum Gasteiger partial charge on any atom is -0.381 e. The van der Waals surface area contributed by atoms with Gasteiger partial charge in [-0.2, -0.15) is 0 Å². The molecule has 0 aliphatic carbocycles. The number of hydrogen-bond donors (Lipinski definition) is 4. The second-order valence-corrected chi connectivity index (χ2v) is 7.61. The highest BCUT2D eigenvalue weighted by atomic mass is 16.5. The second kappa shape index (κ2) is 11.0. The molecule has 1 heterocycles. The van der Waals surface area contributed by atoms with Crippen molar-refractivity contribution < 1.29 is 19.6 Å². The van der Waals surface area contributed by atoms with E-state index in [1.54, 1.807) is 30.5 Å². The highest BCUT2D eigenvalue weighted by Crippen LogP contribution is 2.23. The molecule has 2 aromatic carbocycles. The lowest BCUT2D eigenvalue weighted by Gasteiger charge is -2.27. The number of hydroxylamine groups is 1. The summed E-state index contributed by atoms with van der Waals surface area (Å²) in [5.41, 5.74) is 5.55. The second-order valence-electron chi connectivity index (χ2n) is 7.61. The molecule has 3 aromatic rings. The molecule has 34 heavy (non-hydrogen) atoms. The Morgan fingerprint density at radius 2 is 1.62 bits per heavy atom. The highest BCUT2D eigenvalue weighted by Gasteiger charge is 2.35. The number of pyridine rings is 1. The fourth-order valence-electron chi connectivity index (χ4n) is 3.32. The van der Waals surface area contributed by atoms with Gasteiger partial charge in [0.05, 0.1) is 0 Å². The summed E-state index contributed by atoms with van der Waals surface area (Å²) < 4.78 is 0. The first-order valence-corrected chi connectivity index (χ1v) is 10.4. The summed E-state index contributed by atoms with van der Waals surface area (Å²) in [4.78, 5) is 42.1. The van der Waals surface area contributed by atoms with Gasteiger partial charge in [0.25, 0.3) is 17.7 Å². The van der Waals surface area contributed by atoms with E-state index in [9.17, 15) is 14.4 Å². The normalized spacial score (nSPS) is 11.3. The number of benzene rings is 2. The van der Waals surface area contributed by atoms with E-state index in [0.717, 1.165) is 27.3 Å². The van der Waals surface area contributed by atoms with Gasteiger partial charge >= 0.3 is 0 Å². The summed E-state index contributed by atoms with van der Waals surface area (Å²) in [6.07, 6.45) is 3.54. The van der Waals surface area contributed by atoms with Crippen molar-refractivity contribution in [2.75, 3.05) is 19.4 Å². The third kappa shape index (κ3) is 5.74. The molecule has 0 radical (unpaired) electrons. The van der Waals surface area contributed by atoms with Crippen molar-refractivity contribution in [1.82, 2.24) is 20.4 Å². The van der Waals surface area contributed by atoms with E-state index in [1.165, 1.54) is 19.6 Å². The molecule has 10 heteroatoms. The van der Waals surface area contributed by atoms with E-state index in [1.807, 2.05) is 42.6 Å². The molecule has 3 amide bonds. The number of anilines is 1. The van der Waals surface area contributed by atoms with E-state index >= 15 is 0 Å². The maximum atomic E-state index is 12.9. The standard InChI is InChI=1S/C24H26N6O4/c1-29(21(22(31)28-34)24(33)30(2)25)23(32)19-7-5-17(6-8-19)18-9-11-20(12-10-18)27-15-16-4-3-13-26-14-16/h3-14,21,27,34H,15,25H2,1-2H3,(H,28,31). The molecule has 0 saturated heterocycles. The minimum absolute atomic E-state index is 0.268. The Morgan fingerprint density at radius 3 is 2.15 bits per heavy atom. The number of nitrogens with zero attached hydrogens (tertiary/aromatic N) is 3. The van der Waals surface area contributed by atoms with E-state index in [0.29, 0.717) is 11.6 Å². The van der Waals surface area contributed by atoms with Crippen LogP contribution in [0, 0.1) is 0 Å². The molecular formula is C24H26N6O4. The van der Waals surface area contributed by atoms with Gasteiger partial charge in [-0.25, -0.2) is 11.3 Å². The summed E-state index contributed by atoms with van der Waals surface area (Å²) in [6.45, 7) is 0.662. The van der Waals surface area contributed by atoms with Crippen LogP contribution in [0.3, 0.4) is 0 Å². The zero-order chi connectivity index (χ0) is 24.7. The fraction of sp³-hybridized carbons (Fsp3) is 0.167. The Bertz CT molecular complexity index is 1130. The molecule has 0 bridgehead atoms. The van der Waals surface area contributed by atoms with Crippen molar-refractivity contribution in [3.63, 3.8) is 0 Å². The molecule has 0 aliphatic heterocycles. The predicted molar refractivity (Wildman–Crippen MR) is 126 cm³/mol. The van der Waals surface area contributed by atoms with Crippen molar-refractivity contribution in [3.8, 4) is 11.1 Å². The van der Waals surface area contributed by atoms with Crippen LogP contribution < -0.4 is 16.6 Å². The molecule has 3 rings (SSSR count). The van der Waals surface area contributed by atoms with Crippen molar-refractivity contribution in [2.24, 2.45) is 5.84 Å². The van der Waals surface area contributed by atoms with Crippen LogP contribution in [-0.2, 0) is 16.1 Å². The van der Waals surface area contributed by atoms with E-state index in [4.69, 9.17) is 11.0 Å². The molecule has 176 valence electrons. The number of likely N-dealkylation sites (N-methyl/N-ethyl adjacent to an activating group) is 2. The first-order valence-electron chi connectivity index (χ1n) is 10.4. The monoisotopic (exact) mass is 462 g/mol. The average molecular weight is 463 g/mol. The number of aromatic nitrogens is 1. The van der Waals surface area contributed by atoms with Crippen LogP contribution in [0.4, 0.5) is 5.69 Å². The smallest absolute Gasteiger partial charge is 0.275 e. The van der Waals surface area contributed by atoms with Crippen LogP contribution in [0.5, 0.6) is 0 Å². The predicted octanol–water partition coefficient (Wildman–Crippen LogP) is 1.64. The topological polar surface area (TPSA) is 141 Å². The number of nitrogens with one attached hydrogen (secondary N) is 2. The molecule has 1 unspecified atom stereocenters. The molecule has 1 aromatic heterocycles. The van der Waals surface area contributed by atoms with Crippen LogP contribution in [0.15, 0.2) is 73.1 Å². The molecule has 0 spiro atoms. The van der Waals surface area contributed by atoms with Gasteiger partial charge in [-0.15, -0.1) is 0 Å². The van der Waals surface area contributed by atoms with Crippen molar-refractivity contribution in [2.45, 2.75) is 12.6 Å². The van der Waals surface area contributed by atoms with Gasteiger partial charge in [0, 0.05) is 44.3 Å². The summed E-state index contributed by atoms with van der Waals surface area (Å²) >= 11 is 0. The van der Waals surface area contributed by atoms with Crippen molar-refractivity contribution >= 4 is 23.4 Å². The highest BCUT2D eigenvalue weighted by molar-refractivity contribution is 6.08. The van der Waals surface area contributed by atoms with Gasteiger partial charge in [0.15, 0.2) is 6.04 Å². The Hall–Kier alpha value is -4.28. The lowest BCUT2D eigenvalue weighted by molar-refractivity contribution is -0.145. The van der Waals surface area contributed by atoms with Gasteiger partial charge in [-0.05, 0) is 47.0 Å². The number of hydrogen-bond acceptors (Lipinski definition) is 7. The lowest BCUT2D eigenvalue weighted by Crippen LogP contribution is -2.57. The van der Waals surface area contributed by atoms with Gasteiger partial charge in [-0.3, -0.25) is 29.6 Å². The summed E-state index contributed by atoms with van der Waals surface area (Å²) in [5.74, 6) is 2.93. The van der Waals surface area contributed by atoms with Crippen molar-refractivity contribution in [1.29, 1.82) is 0 Å². The fourth-order valence-corrected chi connectivity index (χ4v) is 3.32. The number of hydrazine groups is 1. The Labute approximate surface area is 196 Å². The number of carbonyl (C=O) groups excluding carboxylic acids is 3. The number of nitrogens with two attached hydrogens (primary N) is 1.